The Kier molecular flexibility index (Phi) is 3.84. The van der Waals surface area contributed by atoms with Crippen LogP contribution in [0, 0.1) is 17.2 Å². The van der Waals surface area contributed by atoms with Gasteiger partial charge in [0, 0.05) is 18.2 Å². The number of hydrogen-bond donors (Lipinski definition) is 2. The molecule has 1 aromatic carbocycles. The molecule has 0 radical (unpaired) electrons. The van der Waals surface area contributed by atoms with Crippen LogP contribution in [0.25, 0.3) is 11.3 Å². The van der Waals surface area contributed by atoms with E-state index in [1.807, 2.05) is 0 Å². The number of carbonyl (C=O) groups excluding carboxylic acids is 1. The van der Waals surface area contributed by atoms with Gasteiger partial charge >= 0.3 is 0 Å². The van der Waals surface area contributed by atoms with E-state index >= 15 is 0 Å². The Labute approximate surface area is 139 Å². The van der Waals surface area contributed by atoms with Crippen LogP contribution in [0.3, 0.4) is 0 Å². The van der Waals surface area contributed by atoms with Gasteiger partial charge in [0.1, 0.15) is 11.5 Å². The standard InChI is InChI=1S/C18H20FN3O2/c19-14-3-1-13(2-4-14)16-7-15(22-24-16)10-21-17(23)18-6-5-12(8-18)9-20-11-18/h1-4,7,12,20H,5-6,8-11H2,(H,21,23). The van der Waals surface area contributed by atoms with E-state index in [-0.39, 0.29) is 17.1 Å². The van der Waals surface area contributed by atoms with Gasteiger partial charge in [-0.1, -0.05) is 5.16 Å². The lowest BCUT2D eigenvalue weighted by atomic mass is 9.82. The molecule has 4 rings (SSSR count). The number of rotatable bonds is 4. The largest absolute Gasteiger partial charge is 0.356 e. The first-order valence-corrected chi connectivity index (χ1v) is 8.35. The van der Waals surface area contributed by atoms with Crippen LogP contribution in [0.2, 0.25) is 0 Å². The van der Waals surface area contributed by atoms with Gasteiger partial charge in [0.05, 0.1) is 12.0 Å². The summed E-state index contributed by atoms with van der Waals surface area (Å²) in [4.78, 5) is 12.6. The molecule has 1 aliphatic heterocycles. The predicted molar refractivity (Wildman–Crippen MR) is 86.4 cm³/mol. The minimum Gasteiger partial charge on any atom is -0.356 e. The summed E-state index contributed by atoms with van der Waals surface area (Å²) >= 11 is 0. The number of halogens is 1. The van der Waals surface area contributed by atoms with Crippen LogP contribution in [0.5, 0.6) is 0 Å². The number of nitrogens with one attached hydrogen (secondary N) is 2. The fourth-order valence-electron chi connectivity index (χ4n) is 3.88. The van der Waals surface area contributed by atoms with Gasteiger partial charge < -0.3 is 15.2 Å². The number of fused-ring (bicyclic) bond motifs is 2. The Bertz CT molecular complexity index is 739. The molecule has 2 atom stereocenters. The summed E-state index contributed by atoms with van der Waals surface area (Å²) in [6, 6.07) is 7.82. The zero-order valence-corrected chi connectivity index (χ0v) is 13.3. The van der Waals surface area contributed by atoms with Crippen LogP contribution in [0.15, 0.2) is 34.9 Å². The van der Waals surface area contributed by atoms with E-state index in [1.54, 1.807) is 18.2 Å². The summed E-state index contributed by atoms with van der Waals surface area (Å²) in [6.45, 7) is 2.13. The molecule has 1 saturated heterocycles. The number of benzene rings is 1. The molecule has 24 heavy (non-hydrogen) atoms. The molecule has 6 heteroatoms. The van der Waals surface area contributed by atoms with Crippen molar-refractivity contribution in [3.63, 3.8) is 0 Å². The maximum atomic E-state index is 13.0. The third-order valence-electron chi connectivity index (χ3n) is 5.21. The molecule has 2 heterocycles. The summed E-state index contributed by atoms with van der Waals surface area (Å²) in [5.74, 6) is 1.00. The number of carbonyl (C=O) groups is 1. The molecule has 1 aliphatic carbocycles. The van der Waals surface area contributed by atoms with Crippen molar-refractivity contribution in [2.75, 3.05) is 13.1 Å². The summed E-state index contributed by atoms with van der Waals surface area (Å²) in [6.07, 6.45) is 3.06. The molecule has 2 N–H and O–H groups in total. The quantitative estimate of drug-likeness (QED) is 0.904. The molecule has 2 bridgehead atoms. The second kappa shape index (κ2) is 6.02. The third kappa shape index (κ3) is 2.82. The first-order chi connectivity index (χ1) is 11.6. The molecule has 2 fully saturated rings. The summed E-state index contributed by atoms with van der Waals surface area (Å²) in [5.41, 5.74) is 1.17. The number of hydrogen-bond acceptors (Lipinski definition) is 4. The van der Waals surface area contributed by atoms with Crippen LogP contribution < -0.4 is 10.6 Å². The Hall–Kier alpha value is -2.21. The van der Waals surface area contributed by atoms with Gasteiger partial charge in [-0.25, -0.2) is 4.39 Å². The Morgan fingerprint density at radius 3 is 3.08 bits per heavy atom. The zero-order chi connectivity index (χ0) is 16.6. The van der Waals surface area contributed by atoms with Crippen molar-refractivity contribution in [1.82, 2.24) is 15.8 Å². The molecule has 1 saturated carbocycles. The van der Waals surface area contributed by atoms with Crippen LogP contribution in [-0.2, 0) is 11.3 Å². The van der Waals surface area contributed by atoms with E-state index in [9.17, 15) is 9.18 Å². The molecule has 2 aliphatic rings. The highest BCUT2D eigenvalue weighted by Gasteiger charge is 2.47. The lowest BCUT2D eigenvalue weighted by Crippen LogP contribution is -2.49. The highest BCUT2D eigenvalue weighted by Crippen LogP contribution is 2.43. The maximum absolute atomic E-state index is 13.0. The normalized spacial score (nSPS) is 25.6. The van der Waals surface area contributed by atoms with Crippen LogP contribution in [-0.4, -0.2) is 24.2 Å². The number of piperidine rings is 1. The van der Waals surface area contributed by atoms with Crippen LogP contribution in [0.1, 0.15) is 25.0 Å². The minimum absolute atomic E-state index is 0.100. The highest BCUT2D eigenvalue weighted by atomic mass is 19.1. The fourth-order valence-corrected chi connectivity index (χ4v) is 3.88. The van der Waals surface area contributed by atoms with Gasteiger partial charge in [-0.3, -0.25) is 4.79 Å². The van der Waals surface area contributed by atoms with Crippen LogP contribution in [0.4, 0.5) is 4.39 Å². The lowest BCUT2D eigenvalue weighted by molar-refractivity contribution is -0.131. The highest BCUT2D eigenvalue weighted by molar-refractivity contribution is 5.83. The summed E-state index contributed by atoms with van der Waals surface area (Å²) in [5, 5.41) is 10.4. The molecular weight excluding hydrogens is 309 g/mol. The molecule has 1 aromatic heterocycles. The Morgan fingerprint density at radius 1 is 1.42 bits per heavy atom. The average molecular weight is 329 g/mol. The van der Waals surface area contributed by atoms with E-state index in [2.05, 4.69) is 15.8 Å². The van der Waals surface area contributed by atoms with E-state index < -0.39 is 0 Å². The number of amides is 1. The monoisotopic (exact) mass is 329 g/mol. The van der Waals surface area contributed by atoms with Crippen molar-refractivity contribution < 1.29 is 13.7 Å². The molecule has 2 unspecified atom stereocenters. The minimum atomic E-state index is -0.291. The van der Waals surface area contributed by atoms with Crippen molar-refractivity contribution in [2.24, 2.45) is 11.3 Å². The first kappa shape index (κ1) is 15.3. The number of aromatic nitrogens is 1. The molecule has 5 nitrogen and oxygen atoms in total. The van der Waals surface area contributed by atoms with E-state index in [4.69, 9.17) is 4.52 Å². The Morgan fingerprint density at radius 2 is 2.25 bits per heavy atom. The second-order valence-corrected chi connectivity index (χ2v) is 6.89. The Balaban J connectivity index is 1.40. The topological polar surface area (TPSA) is 67.2 Å². The van der Waals surface area contributed by atoms with Gasteiger partial charge in [-0.05, 0) is 56.0 Å². The molecule has 1 amide bonds. The van der Waals surface area contributed by atoms with E-state index in [0.717, 1.165) is 37.9 Å². The molecular formula is C18H20FN3O2. The molecule has 2 aromatic rings. The maximum Gasteiger partial charge on any atom is 0.227 e. The molecule has 126 valence electrons. The third-order valence-corrected chi connectivity index (χ3v) is 5.21. The second-order valence-electron chi connectivity index (χ2n) is 6.89. The zero-order valence-electron chi connectivity index (χ0n) is 13.3. The van der Waals surface area contributed by atoms with Crippen molar-refractivity contribution >= 4 is 5.91 Å². The smallest absolute Gasteiger partial charge is 0.227 e. The summed E-state index contributed by atoms with van der Waals surface area (Å²) < 4.78 is 18.3. The van der Waals surface area contributed by atoms with E-state index in [1.165, 1.54) is 12.1 Å². The van der Waals surface area contributed by atoms with Crippen molar-refractivity contribution in [1.29, 1.82) is 0 Å². The van der Waals surface area contributed by atoms with Gasteiger partial charge in [0.2, 0.25) is 5.91 Å². The van der Waals surface area contributed by atoms with Crippen molar-refractivity contribution in [3.8, 4) is 11.3 Å². The average Bonchev–Trinajstić information content (AvgIpc) is 3.19. The van der Waals surface area contributed by atoms with Gasteiger partial charge in [0.25, 0.3) is 0 Å². The van der Waals surface area contributed by atoms with Gasteiger partial charge in [-0.2, -0.15) is 0 Å². The lowest BCUT2D eigenvalue weighted by Gasteiger charge is -2.32. The van der Waals surface area contributed by atoms with Crippen molar-refractivity contribution in [2.45, 2.75) is 25.8 Å². The van der Waals surface area contributed by atoms with Crippen molar-refractivity contribution in [3.05, 3.63) is 41.8 Å². The predicted octanol–water partition coefficient (Wildman–Crippen LogP) is 2.49. The first-order valence-electron chi connectivity index (χ1n) is 8.35. The fraction of sp³-hybridized carbons (Fsp3) is 0.444. The van der Waals surface area contributed by atoms with Gasteiger partial charge in [-0.15, -0.1) is 0 Å². The SMILES string of the molecule is O=C(NCc1cc(-c2ccc(F)cc2)on1)C12CCC(CNC1)C2. The molecule has 0 spiro atoms. The van der Waals surface area contributed by atoms with E-state index in [0.29, 0.717) is 23.9 Å². The number of nitrogens with zero attached hydrogens (tertiary/aromatic N) is 1. The van der Waals surface area contributed by atoms with Gasteiger partial charge in [0.15, 0.2) is 5.76 Å². The van der Waals surface area contributed by atoms with Crippen LogP contribution >= 0.6 is 0 Å². The summed E-state index contributed by atoms with van der Waals surface area (Å²) in [7, 11) is 0.